The Kier molecular flexibility index (Phi) is 5.10. The van der Waals surface area contributed by atoms with Crippen LogP contribution in [0.1, 0.15) is 20.3 Å². The Balaban J connectivity index is 1.44. The Morgan fingerprint density at radius 3 is 2.78 bits per heavy atom. The maximum Gasteiger partial charge on any atom is 0.194 e. The molecule has 5 rings (SSSR count). The summed E-state index contributed by atoms with van der Waals surface area (Å²) in [5.41, 5.74) is 3.88. The number of rotatable bonds is 4. The van der Waals surface area contributed by atoms with Crippen molar-refractivity contribution in [2.24, 2.45) is 5.41 Å². The van der Waals surface area contributed by atoms with Gasteiger partial charge in [-0.15, -0.1) is 10.2 Å². The number of fused-ring (bicyclic) bond motifs is 1. The van der Waals surface area contributed by atoms with Crippen LogP contribution >= 0.6 is 11.3 Å². The van der Waals surface area contributed by atoms with Crippen LogP contribution in [0.3, 0.4) is 0 Å². The molecule has 4 aromatic rings. The normalized spacial score (nSPS) is 18.8. The maximum atomic E-state index is 10.6. The van der Waals surface area contributed by atoms with E-state index >= 15 is 0 Å². The van der Waals surface area contributed by atoms with Gasteiger partial charge >= 0.3 is 0 Å². The standard InChI is InChI=1S/C23H27N7OS/c1-23(2)13-29(3)8-7-20(23)30(4)22-26-21-19(32-22)10-17(27-28-21)16-6-5-14(9-18(16)31)15-11-24-25-12-15/h5-6,9-12,20,31H,7-8,13H2,1-4H3,(H,24,25). The van der Waals surface area contributed by atoms with Crippen molar-refractivity contribution in [1.29, 1.82) is 0 Å². The van der Waals surface area contributed by atoms with Crippen LogP contribution in [0, 0.1) is 5.41 Å². The minimum Gasteiger partial charge on any atom is -0.507 e. The summed E-state index contributed by atoms with van der Waals surface area (Å²) in [5.74, 6) is 0.160. The molecule has 1 atom stereocenters. The monoisotopic (exact) mass is 449 g/mol. The fourth-order valence-corrected chi connectivity index (χ4v) is 5.76. The summed E-state index contributed by atoms with van der Waals surface area (Å²) in [6, 6.07) is 7.90. The number of anilines is 1. The predicted octanol–water partition coefficient (Wildman–Crippen LogP) is 4.02. The van der Waals surface area contributed by atoms with Gasteiger partial charge in [-0.05, 0) is 49.2 Å². The van der Waals surface area contributed by atoms with Gasteiger partial charge in [0.1, 0.15) is 5.75 Å². The van der Waals surface area contributed by atoms with E-state index in [1.807, 2.05) is 18.2 Å². The van der Waals surface area contributed by atoms with Crippen LogP contribution in [0.15, 0.2) is 36.7 Å². The summed E-state index contributed by atoms with van der Waals surface area (Å²) in [7, 11) is 4.31. The van der Waals surface area contributed by atoms with Gasteiger partial charge < -0.3 is 14.9 Å². The molecule has 0 saturated carbocycles. The molecule has 0 radical (unpaired) electrons. The molecule has 4 heterocycles. The van der Waals surface area contributed by atoms with E-state index in [0.717, 1.165) is 40.5 Å². The minimum atomic E-state index is 0.160. The van der Waals surface area contributed by atoms with Gasteiger partial charge in [0.15, 0.2) is 10.8 Å². The van der Waals surface area contributed by atoms with Crippen LogP contribution in [-0.4, -0.2) is 68.6 Å². The quantitative estimate of drug-likeness (QED) is 0.486. The molecule has 1 fully saturated rings. The van der Waals surface area contributed by atoms with Crippen molar-refractivity contribution in [3.63, 3.8) is 0 Å². The summed E-state index contributed by atoms with van der Waals surface area (Å²) >= 11 is 1.62. The van der Waals surface area contributed by atoms with Crippen LogP contribution in [0.5, 0.6) is 5.75 Å². The van der Waals surface area contributed by atoms with Crippen LogP contribution < -0.4 is 4.90 Å². The van der Waals surface area contributed by atoms with Crippen molar-refractivity contribution in [1.82, 2.24) is 30.3 Å². The summed E-state index contributed by atoms with van der Waals surface area (Å²) < 4.78 is 0.959. The second kappa shape index (κ2) is 7.83. The van der Waals surface area contributed by atoms with E-state index in [9.17, 15) is 5.11 Å². The van der Waals surface area contributed by atoms with E-state index < -0.39 is 0 Å². The molecule has 8 nitrogen and oxygen atoms in total. The van der Waals surface area contributed by atoms with Crippen molar-refractivity contribution in [3.05, 3.63) is 36.7 Å². The van der Waals surface area contributed by atoms with Crippen LogP contribution in [0.25, 0.3) is 32.7 Å². The van der Waals surface area contributed by atoms with Gasteiger partial charge in [0, 0.05) is 37.0 Å². The number of hydrogen-bond donors (Lipinski definition) is 2. The van der Waals surface area contributed by atoms with Crippen LogP contribution in [0.4, 0.5) is 5.13 Å². The summed E-state index contributed by atoms with van der Waals surface area (Å²) in [4.78, 5) is 9.46. The van der Waals surface area contributed by atoms with Crippen molar-refractivity contribution in [2.75, 3.05) is 32.1 Å². The van der Waals surface area contributed by atoms with Gasteiger partial charge in [-0.25, -0.2) is 0 Å². The first kappa shape index (κ1) is 20.8. The molecule has 1 aliphatic heterocycles. The third kappa shape index (κ3) is 3.71. The molecule has 0 amide bonds. The van der Waals surface area contributed by atoms with Crippen LogP contribution in [-0.2, 0) is 0 Å². The zero-order valence-corrected chi connectivity index (χ0v) is 19.5. The predicted molar refractivity (Wildman–Crippen MR) is 128 cm³/mol. The molecule has 166 valence electrons. The number of piperidine rings is 1. The molecular formula is C23H27N7OS. The van der Waals surface area contributed by atoms with E-state index in [2.05, 4.69) is 58.1 Å². The first-order valence-corrected chi connectivity index (χ1v) is 11.5. The fraction of sp³-hybridized carbons (Fsp3) is 0.391. The number of benzene rings is 1. The molecule has 1 aliphatic rings. The Hall–Kier alpha value is -3.04. The number of nitrogens with zero attached hydrogens (tertiary/aromatic N) is 6. The molecule has 0 spiro atoms. The Morgan fingerprint density at radius 2 is 2.06 bits per heavy atom. The van der Waals surface area contributed by atoms with Crippen molar-refractivity contribution in [2.45, 2.75) is 26.3 Å². The highest BCUT2D eigenvalue weighted by Gasteiger charge is 2.38. The van der Waals surface area contributed by atoms with Crippen molar-refractivity contribution < 1.29 is 5.11 Å². The highest BCUT2D eigenvalue weighted by Crippen LogP contribution is 2.38. The topological polar surface area (TPSA) is 94.1 Å². The third-order valence-corrected chi connectivity index (χ3v) is 7.46. The summed E-state index contributed by atoms with van der Waals surface area (Å²) in [5, 5.41) is 27.0. The zero-order valence-electron chi connectivity index (χ0n) is 18.7. The molecule has 0 bridgehead atoms. The number of thiazole rings is 1. The van der Waals surface area contributed by atoms with Crippen LogP contribution in [0.2, 0.25) is 0 Å². The number of hydrogen-bond acceptors (Lipinski definition) is 8. The summed E-state index contributed by atoms with van der Waals surface area (Å²) in [6.45, 7) is 6.79. The Labute approximate surface area is 190 Å². The number of likely N-dealkylation sites (tertiary alicyclic amines) is 1. The highest BCUT2D eigenvalue weighted by molar-refractivity contribution is 7.22. The highest BCUT2D eigenvalue weighted by atomic mass is 32.1. The van der Waals surface area contributed by atoms with E-state index in [0.29, 0.717) is 22.9 Å². The van der Waals surface area contributed by atoms with Gasteiger partial charge in [0.2, 0.25) is 0 Å². The molecule has 3 aromatic heterocycles. The van der Waals surface area contributed by atoms with E-state index in [4.69, 9.17) is 4.98 Å². The smallest absolute Gasteiger partial charge is 0.194 e. The molecule has 1 saturated heterocycles. The molecule has 1 aromatic carbocycles. The van der Waals surface area contributed by atoms with Gasteiger partial charge in [0.05, 0.1) is 16.6 Å². The first-order chi connectivity index (χ1) is 15.3. The minimum absolute atomic E-state index is 0.160. The third-order valence-electron chi connectivity index (χ3n) is 6.38. The van der Waals surface area contributed by atoms with Gasteiger partial charge in [-0.1, -0.05) is 31.3 Å². The molecule has 9 heteroatoms. The fourth-order valence-electron chi connectivity index (χ4n) is 4.82. The van der Waals surface area contributed by atoms with E-state index in [1.165, 1.54) is 0 Å². The van der Waals surface area contributed by atoms with Crippen molar-refractivity contribution in [3.8, 4) is 28.1 Å². The second-order valence-corrected chi connectivity index (χ2v) is 10.3. The number of nitrogens with one attached hydrogen (secondary N) is 1. The van der Waals surface area contributed by atoms with Gasteiger partial charge in [0.25, 0.3) is 0 Å². The SMILES string of the molecule is CN1CCC(N(C)c2nc3nnc(-c4ccc(-c5cn[nH]c5)cc4O)cc3s2)C(C)(C)C1. The summed E-state index contributed by atoms with van der Waals surface area (Å²) in [6.07, 6.45) is 4.62. The number of phenols is 1. The van der Waals surface area contributed by atoms with Crippen molar-refractivity contribution >= 4 is 26.8 Å². The average Bonchev–Trinajstić information content (AvgIpc) is 3.42. The lowest BCUT2D eigenvalue weighted by molar-refractivity contribution is 0.114. The number of aromatic nitrogens is 5. The lowest BCUT2D eigenvalue weighted by Gasteiger charge is -2.46. The lowest BCUT2D eigenvalue weighted by Crippen LogP contribution is -2.54. The number of phenolic OH excluding ortho intramolecular Hbond substituents is 1. The second-order valence-electron chi connectivity index (χ2n) is 9.27. The molecular weight excluding hydrogens is 422 g/mol. The van der Waals surface area contributed by atoms with E-state index in [-0.39, 0.29) is 11.2 Å². The number of aromatic hydroxyl groups is 1. The number of aromatic amines is 1. The average molecular weight is 450 g/mol. The molecule has 1 unspecified atom stereocenters. The van der Waals surface area contributed by atoms with Gasteiger partial charge in [-0.3, -0.25) is 5.10 Å². The molecule has 0 aliphatic carbocycles. The largest absolute Gasteiger partial charge is 0.507 e. The number of H-pyrrole nitrogens is 1. The Bertz CT molecular complexity index is 1250. The van der Waals surface area contributed by atoms with E-state index in [1.54, 1.807) is 29.8 Å². The molecule has 2 N–H and O–H groups in total. The Morgan fingerprint density at radius 1 is 1.22 bits per heavy atom. The first-order valence-electron chi connectivity index (χ1n) is 10.7. The lowest BCUT2D eigenvalue weighted by atomic mass is 9.78. The zero-order chi connectivity index (χ0) is 22.5. The molecule has 32 heavy (non-hydrogen) atoms. The maximum absolute atomic E-state index is 10.6. The van der Waals surface area contributed by atoms with Gasteiger partial charge in [-0.2, -0.15) is 10.1 Å².